The van der Waals surface area contributed by atoms with Crippen molar-refractivity contribution in [3.05, 3.63) is 99.6 Å². The van der Waals surface area contributed by atoms with Crippen molar-refractivity contribution in [2.75, 3.05) is 20.2 Å². The predicted molar refractivity (Wildman–Crippen MR) is 166 cm³/mol. The second-order valence-electron chi connectivity index (χ2n) is 10.6. The van der Waals surface area contributed by atoms with Gasteiger partial charge in [-0.1, -0.05) is 41.9 Å². The van der Waals surface area contributed by atoms with Gasteiger partial charge in [-0.05, 0) is 60.3 Å². The van der Waals surface area contributed by atoms with Crippen LogP contribution in [0.2, 0.25) is 5.02 Å². The Morgan fingerprint density at radius 3 is 2.70 bits per heavy atom. The smallest absolute Gasteiger partial charge is 0.491 e. The lowest BCUT2D eigenvalue weighted by molar-refractivity contribution is -0.126. The van der Waals surface area contributed by atoms with Crippen molar-refractivity contribution in [2.45, 2.75) is 32.4 Å². The number of hydrogen-bond donors (Lipinski definition) is 3. The number of carbonyl (C=O) groups excluding carboxylic acids is 2. The number of carbonyl (C=O) groups is 2. The van der Waals surface area contributed by atoms with Gasteiger partial charge in [0.1, 0.15) is 17.6 Å². The third-order valence-electron chi connectivity index (χ3n) is 7.68. The van der Waals surface area contributed by atoms with Gasteiger partial charge in [-0.3, -0.25) is 19.1 Å². The maximum Gasteiger partial charge on any atom is 0.491 e. The minimum absolute atomic E-state index is 0.0450. The number of amides is 2. The molecule has 0 aliphatic carbocycles. The Morgan fingerprint density at radius 2 is 1.91 bits per heavy atom. The van der Waals surface area contributed by atoms with Crippen molar-refractivity contribution >= 4 is 41.7 Å². The van der Waals surface area contributed by atoms with Crippen LogP contribution in [-0.2, 0) is 27.3 Å². The van der Waals surface area contributed by atoms with Crippen molar-refractivity contribution in [3.63, 3.8) is 0 Å². The van der Waals surface area contributed by atoms with Crippen molar-refractivity contribution in [1.29, 1.82) is 0 Å². The highest BCUT2D eigenvalue weighted by molar-refractivity contribution is 6.61. The minimum atomic E-state index is -0.880. The summed E-state index contributed by atoms with van der Waals surface area (Å²) < 4.78 is 12.6. The predicted octanol–water partition coefficient (Wildman–Crippen LogP) is 2.21. The normalized spacial score (nSPS) is 15.0. The summed E-state index contributed by atoms with van der Waals surface area (Å²) >= 11 is 6.17. The van der Waals surface area contributed by atoms with E-state index in [-0.39, 0.29) is 24.8 Å². The van der Waals surface area contributed by atoms with Crippen LogP contribution >= 0.6 is 11.6 Å². The fourth-order valence-electron chi connectivity index (χ4n) is 5.45. The molecule has 13 heteroatoms. The molecule has 0 saturated heterocycles. The summed E-state index contributed by atoms with van der Waals surface area (Å²) in [6.07, 6.45) is 0.560. The zero-order chi connectivity index (χ0) is 30.8. The molecular weight excluding hydrogens is 583 g/mol. The number of ether oxygens (including phenoxy) is 1. The fourth-order valence-corrected chi connectivity index (χ4v) is 5.58. The molecule has 6 rings (SSSR count). The first-order valence-corrected chi connectivity index (χ1v) is 14.6. The maximum atomic E-state index is 13.1. The second-order valence-corrected chi connectivity index (χ2v) is 11.0. The molecule has 0 bridgehead atoms. The van der Waals surface area contributed by atoms with E-state index in [4.69, 9.17) is 26.0 Å². The Kier molecular flexibility index (Phi) is 8.47. The number of aliphatic imine (C=N–C) groups is 1. The second kappa shape index (κ2) is 12.6. The summed E-state index contributed by atoms with van der Waals surface area (Å²) in [6, 6.07) is 18.1. The standard InChI is InChI=1S/C31H30BClN6O5/c1-18-37-38-31-26(15-28(40)35-16-29(41)34-12-11-19-3-9-25-21(13-19)17-44-32(25)42)36-30(20-4-6-22(33)7-5-20)24-14-23(43-2)8-10-27(24)39(18)31/h3-10,13-14,26,42H,11-12,15-17H2,1-2H3,(H,34,41)(H,35,40). The molecule has 1 aromatic heterocycles. The van der Waals surface area contributed by atoms with Gasteiger partial charge >= 0.3 is 7.12 Å². The van der Waals surface area contributed by atoms with E-state index < -0.39 is 13.2 Å². The molecule has 3 aromatic carbocycles. The SMILES string of the molecule is COc1ccc2c(c1)C(c1ccc(Cl)cc1)=NC(CC(=O)NCC(=O)NCCc1ccc3c(c1)COB3O)c1nnc(C)n1-2. The number of nitrogens with zero attached hydrogens (tertiary/aromatic N) is 4. The van der Waals surface area contributed by atoms with Crippen LogP contribution in [0, 0.1) is 6.92 Å². The first-order valence-electron chi connectivity index (χ1n) is 14.2. The molecule has 2 amide bonds. The molecule has 0 radical (unpaired) electrons. The lowest BCUT2D eigenvalue weighted by Gasteiger charge is -2.14. The van der Waals surface area contributed by atoms with Gasteiger partial charge < -0.3 is 25.0 Å². The average molecular weight is 613 g/mol. The van der Waals surface area contributed by atoms with E-state index in [1.807, 2.05) is 60.0 Å². The van der Waals surface area contributed by atoms with Gasteiger partial charge in [-0.25, -0.2) is 0 Å². The number of aromatic nitrogens is 3. The van der Waals surface area contributed by atoms with E-state index in [0.717, 1.165) is 33.4 Å². The Labute approximate surface area is 259 Å². The van der Waals surface area contributed by atoms with Gasteiger partial charge in [0.2, 0.25) is 11.8 Å². The molecule has 1 unspecified atom stereocenters. The lowest BCUT2D eigenvalue weighted by atomic mass is 9.79. The number of rotatable bonds is 9. The third kappa shape index (κ3) is 6.09. The largest absolute Gasteiger partial charge is 0.497 e. The van der Waals surface area contributed by atoms with Crippen LogP contribution in [0.15, 0.2) is 65.7 Å². The molecule has 2 aliphatic heterocycles. The van der Waals surface area contributed by atoms with Crippen molar-refractivity contribution in [3.8, 4) is 11.4 Å². The van der Waals surface area contributed by atoms with Gasteiger partial charge in [-0.2, -0.15) is 0 Å². The molecule has 0 spiro atoms. The molecule has 2 aliphatic rings. The van der Waals surface area contributed by atoms with Crippen molar-refractivity contribution in [2.24, 2.45) is 4.99 Å². The highest BCUT2D eigenvalue weighted by Gasteiger charge is 2.30. The zero-order valence-corrected chi connectivity index (χ0v) is 25.0. The highest BCUT2D eigenvalue weighted by Crippen LogP contribution is 2.34. The Bertz CT molecular complexity index is 1760. The summed E-state index contributed by atoms with van der Waals surface area (Å²) in [5.41, 5.74) is 5.82. The molecule has 44 heavy (non-hydrogen) atoms. The quantitative estimate of drug-likeness (QED) is 0.246. The average Bonchev–Trinajstić information content (AvgIpc) is 3.56. The van der Waals surface area contributed by atoms with E-state index in [0.29, 0.717) is 47.7 Å². The van der Waals surface area contributed by atoms with Crippen LogP contribution < -0.4 is 20.8 Å². The molecule has 224 valence electrons. The van der Waals surface area contributed by atoms with Crippen LogP contribution in [-0.4, -0.2) is 64.6 Å². The minimum Gasteiger partial charge on any atom is -0.497 e. The Morgan fingerprint density at radius 1 is 1.09 bits per heavy atom. The van der Waals surface area contributed by atoms with Crippen LogP contribution in [0.1, 0.15) is 46.4 Å². The van der Waals surface area contributed by atoms with Crippen LogP contribution in [0.4, 0.5) is 0 Å². The summed E-state index contributed by atoms with van der Waals surface area (Å²) in [5.74, 6) is 1.17. The van der Waals surface area contributed by atoms with Gasteiger partial charge in [-0.15, -0.1) is 10.2 Å². The number of halogens is 1. The number of benzene rings is 3. The molecule has 11 nitrogen and oxygen atoms in total. The first kappa shape index (κ1) is 29.6. The van der Waals surface area contributed by atoms with Crippen LogP contribution in [0.3, 0.4) is 0 Å². The molecule has 1 atom stereocenters. The summed E-state index contributed by atoms with van der Waals surface area (Å²) in [4.78, 5) is 30.7. The number of aryl methyl sites for hydroxylation is 1. The topological polar surface area (TPSA) is 140 Å². The molecular formula is C31H30BClN6O5. The summed E-state index contributed by atoms with van der Waals surface area (Å²) in [5, 5.41) is 24.6. The van der Waals surface area contributed by atoms with Gasteiger partial charge in [0.05, 0.1) is 38.1 Å². The monoisotopic (exact) mass is 612 g/mol. The molecule has 0 fully saturated rings. The Hall–Kier alpha value is -4.52. The first-order chi connectivity index (χ1) is 21.3. The summed E-state index contributed by atoms with van der Waals surface area (Å²) in [7, 11) is 0.722. The lowest BCUT2D eigenvalue weighted by Crippen LogP contribution is -2.38. The van der Waals surface area contributed by atoms with Gasteiger partial charge in [0, 0.05) is 22.7 Å². The molecule has 4 aromatic rings. The Balaban J connectivity index is 1.15. The number of methoxy groups -OCH3 is 1. The fraction of sp³-hybridized carbons (Fsp3) is 0.258. The highest BCUT2D eigenvalue weighted by atomic mass is 35.5. The summed E-state index contributed by atoms with van der Waals surface area (Å²) in [6.45, 7) is 2.44. The zero-order valence-electron chi connectivity index (χ0n) is 24.2. The number of hydrogen-bond acceptors (Lipinski definition) is 8. The number of nitrogens with one attached hydrogen (secondary N) is 2. The molecule has 3 heterocycles. The molecule has 3 N–H and O–H groups in total. The van der Waals surface area contributed by atoms with Crippen molar-refractivity contribution in [1.82, 2.24) is 25.4 Å². The van der Waals surface area contributed by atoms with E-state index in [1.54, 1.807) is 19.2 Å². The van der Waals surface area contributed by atoms with Crippen LogP contribution in [0.5, 0.6) is 5.75 Å². The third-order valence-corrected chi connectivity index (χ3v) is 7.93. The van der Waals surface area contributed by atoms with E-state index in [9.17, 15) is 14.6 Å². The maximum absolute atomic E-state index is 13.1. The van der Waals surface area contributed by atoms with E-state index >= 15 is 0 Å². The van der Waals surface area contributed by atoms with Crippen LogP contribution in [0.25, 0.3) is 5.69 Å². The number of fused-ring (bicyclic) bond motifs is 4. The van der Waals surface area contributed by atoms with Crippen molar-refractivity contribution < 1.29 is 24.0 Å². The van der Waals surface area contributed by atoms with Gasteiger partial charge in [0.25, 0.3) is 0 Å². The van der Waals surface area contributed by atoms with Gasteiger partial charge in [0.15, 0.2) is 5.82 Å². The molecule has 0 saturated carbocycles. The van der Waals surface area contributed by atoms with E-state index in [2.05, 4.69) is 20.8 Å². The van der Waals surface area contributed by atoms with E-state index in [1.165, 1.54) is 0 Å².